The Balaban J connectivity index is 1.11. The second-order valence-electron chi connectivity index (χ2n) is 15.0. The molecule has 0 saturated heterocycles. The van der Waals surface area contributed by atoms with Gasteiger partial charge in [0, 0.05) is 62.7 Å². The quantitative estimate of drug-likeness (QED) is 0.178. The predicted octanol–water partition coefficient (Wildman–Crippen LogP) is 12.8. The fraction of sp³-hybridized carbons (Fsp3) is 0.0189. The van der Waals surface area contributed by atoms with Gasteiger partial charge in [0.15, 0.2) is 5.82 Å². The van der Waals surface area contributed by atoms with Gasteiger partial charge in [-0.2, -0.15) is 0 Å². The van der Waals surface area contributed by atoms with Crippen LogP contribution in [0.25, 0.3) is 79.3 Å². The number of furan rings is 1. The Bertz CT molecular complexity index is 3300. The predicted molar refractivity (Wildman–Crippen MR) is 234 cm³/mol. The fourth-order valence-corrected chi connectivity index (χ4v) is 9.02. The smallest absolute Gasteiger partial charge is 0.160 e. The Labute approximate surface area is 339 Å². The summed E-state index contributed by atoms with van der Waals surface area (Å²) >= 11 is 0. The molecule has 2 aliphatic rings. The third kappa shape index (κ3) is 5.20. The Morgan fingerprint density at radius 3 is 2.00 bits per heavy atom. The van der Waals surface area contributed by atoms with Gasteiger partial charge in [-0.25, -0.2) is 9.97 Å². The third-order valence-electron chi connectivity index (χ3n) is 11.7. The number of fused-ring (bicyclic) bond motifs is 11. The summed E-state index contributed by atoms with van der Waals surface area (Å²) in [6.45, 7) is 0. The summed E-state index contributed by atoms with van der Waals surface area (Å²) in [5.74, 6) is 2.25. The van der Waals surface area contributed by atoms with Crippen molar-refractivity contribution in [1.82, 2.24) is 19.9 Å². The monoisotopic (exact) mass is 756 g/mol. The molecule has 0 fully saturated rings. The van der Waals surface area contributed by atoms with Gasteiger partial charge in [-0.1, -0.05) is 115 Å². The van der Waals surface area contributed by atoms with Crippen molar-refractivity contribution < 1.29 is 9.15 Å². The molecule has 1 atom stereocenters. The number of pyridine rings is 2. The summed E-state index contributed by atoms with van der Waals surface area (Å²) in [5.41, 5.74) is 13.6. The summed E-state index contributed by atoms with van der Waals surface area (Å²) in [7, 11) is 0. The highest BCUT2D eigenvalue weighted by Gasteiger charge is 2.48. The zero-order valence-electron chi connectivity index (χ0n) is 31.6. The summed E-state index contributed by atoms with van der Waals surface area (Å²) in [6, 6.07) is 56.7. The van der Waals surface area contributed by atoms with Crippen molar-refractivity contribution in [3.8, 4) is 56.7 Å². The lowest BCUT2D eigenvalue weighted by Crippen LogP contribution is -2.35. The molecule has 12 rings (SSSR count). The Kier molecular flexibility index (Phi) is 7.34. The molecular weight excluding hydrogens is 725 g/mol. The molecular formula is C53H32N4O2. The molecule has 1 spiro atoms. The number of hydrogen-bond donors (Lipinski definition) is 0. The molecule has 1 aliphatic carbocycles. The maximum Gasteiger partial charge on any atom is 0.160 e. The van der Waals surface area contributed by atoms with Crippen LogP contribution in [-0.2, 0) is 5.41 Å². The van der Waals surface area contributed by atoms with E-state index in [1.165, 1.54) is 0 Å². The summed E-state index contributed by atoms with van der Waals surface area (Å²) in [5, 5.41) is 2.08. The van der Waals surface area contributed by atoms with Crippen molar-refractivity contribution in [2.45, 2.75) is 5.41 Å². The number of ether oxygens (including phenoxy) is 1. The summed E-state index contributed by atoms with van der Waals surface area (Å²) in [6.07, 6.45) is 9.94. The largest absolute Gasteiger partial charge is 0.457 e. The first-order valence-electron chi connectivity index (χ1n) is 19.7. The van der Waals surface area contributed by atoms with Crippen LogP contribution in [0.1, 0.15) is 33.4 Å². The Morgan fingerprint density at radius 2 is 1.15 bits per heavy atom. The number of hydrogen-bond acceptors (Lipinski definition) is 6. The first-order valence-corrected chi connectivity index (χ1v) is 19.7. The van der Waals surface area contributed by atoms with Crippen molar-refractivity contribution >= 4 is 34.1 Å². The minimum atomic E-state index is -0.785. The standard InChI is InChI=1S/C53H32N4O2/c1-2-12-35(13-3-1)52-56-46(30-47(57-52)38-24-25-45(55-32-38)37-14-10-26-54-31-37)36-23-22-34-21-20-33-11-4-6-16-41(33)53(43(34)27-36)42-17-7-9-19-49(42)59-51-28-40-39-15-5-8-18-48(39)58-50(40)29-44(51)53/h1-32H. The molecule has 0 saturated carbocycles. The number of rotatable bonds is 4. The maximum atomic E-state index is 6.89. The van der Waals surface area contributed by atoms with E-state index in [0.717, 1.165) is 106 Å². The van der Waals surface area contributed by atoms with E-state index in [9.17, 15) is 0 Å². The summed E-state index contributed by atoms with van der Waals surface area (Å²) in [4.78, 5) is 19.5. The average Bonchev–Trinajstić information content (AvgIpc) is 3.60. The zero-order valence-corrected chi connectivity index (χ0v) is 31.6. The molecule has 0 amide bonds. The molecule has 5 heterocycles. The van der Waals surface area contributed by atoms with E-state index in [1.807, 2.05) is 67.0 Å². The highest BCUT2D eigenvalue weighted by molar-refractivity contribution is 6.06. The molecule has 6 heteroatoms. The minimum Gasteiger partial charge on any atom is -0.457 e. The van der Waals surface area contributed by atoms with Crippen LogP contribution in [0.5, 0.6) is 11.5 Å². The number of benzene rings is 6. The van der Waals surface area contributed by atoms with Gasteiger partial charge in [0.2, 0.25) is 0 Å². The van der Waals surface area contributed by atoms with Crippen LogP contribution in [-0.4, -0.2) is 19.9 Å². The van der Waals surface area contributed by atoms with E-state index in [0.29, 0.717) is 5.82 Å². The van der Waals surface area contributed by atoms with Crippen LogP contribution in [0.4, 0.5) is 0 Å². The molecule has 276 valence electrons. The van der Waals surface area contributed by atoms with Crippen LogP contribution in [0.3, 0.4) is 0 Å². The molecule has 1 aliphatic heterocycles. The lowest BCUT2D eigenvalue weighted by atomic mass is 9.62. The van der Waals surface area contributed by atoms with Crippen LogP contribution < -0.4 is 4.74 Å². The van der Waals surface area contributed by atoms with E-state index in [1.54, 1.807) is 6.20 Å². The number of aromatic nitrogens is 4. The fourth-order valence-electron chi connectivity index (χ4n) is 9.02. The van der Waals surface area contributed by atoms with Crippen molar-refractivity contribution in [2.75, 3.05) is 0 Å². The van der Waals surface area contributed by atoms with Gasteiger partial charge in [0.25, 0.3) is 0 Å². The molecule has 4 aromatic heterocycles. The zero-order chi connectivity index (χ0) is 38.9. The molecule has 0 radical (unpaired) electrons. The molecule has 0 N–H and O–H groups in total. The number of nitrogens with zero attached hydrogens (tertiary/aromatic N) is 4. The van der Waals surface area contributed by atoms with Crippen LogP contribution in [0.15, 0.2) is 187 Å². The Hall–Kier alpha value is -7.96. The SMILES string of the molecule is C1=Cc2ccc(-c3cc(-c4ccc(-c5cccnc5)nc4)nc(-c4ccccc4)n3)cc2C2(c3ccccc31)c1ccccc1Oc1cc3c(cc12)oc1ccccc13. The van der Waals surface area contributed by atoms with Crippen molar-refractivity contribution in [2.24, 2.45) is 0 Å². The summed E-state index contributed by atoms with van der Waals surface area (Å²) < 4.78 is 13.5. The highest BCUT2D eigenvalue weighted by atomic mass is 16.5. The molecule has 10 aromatic rings. The van der Waals surface area contributed by atoms with Gasteiger partial charge in [-0.15, -0.1) is 0 Å². The van der Waals surface area contributed by atoms with E-state index in [-0.39, 0.29) is 0 Å². The van der Waals surface area contributed by atoms with Crippen molar-refractivity contribution in [1.29, 1.82) is 0 Å². The minimum absolute atomic E-state index is 0.637. The van der Waals surface area contributed by atoms with Gasteiger partial charge >= 0.3 is 0 Å². The van der Waals surface area contributed by atoms with Crippen LogP contribution in [0, 0.1) is 0 Å². The third-order valence-corrected chi connectivity index (χ3v) is 11.7. The van der Waals surface area contributed by atoms with Gasteiger partial charge in [0.05, 0.1) is 22.5 Å². The first-order chi connectivity index (χ1) is 29.2. The lowest BCUT2D eigenvalue weighted by molar-refractivity contribution is 0.435. The second-order valence-corrected chi connectivity index (χ2v) is 15.0. The van der Waals surface area contributed by atoms with Crippen LogP contribution >= 0.6 is 0 Å². The first kappa shape index (κ1) is 33.2. The van der Waals surface area contributed by atoms with E-state index in [2.05, 4.69) is 126 Å². The molecule has 1 unspecified atom stereocenters. The van der Waals surface area contributed by atoms with Gasteiger partial charge in [-0.05, 0) is 82.9 Å². The van der Waals surface area contributed by atoms with E-state index < -0.39 is 5.41 Å². The molecule has 6 nitrogen and oxygen atoms in total. The van der Waals surface area contributed by atoms with Gasteiger partial charge in [0.1, 0.15) is 22.7 Å². The maximum absolute atomic E-state index is 6.89. The van der Waals surface area contributed by atoms with Crippen molar-refractivity contribution in [3.63, 3.8) is 0 Å². The normalized spacial score (nSPS) is 14.9. The molecule has 59 heavy (non-hydrogen) atoms. The van der Waals surface area contributed by atoms with E-state index >= 15 is 0 Å². The van der Waals surface area contributed by atoms with Crippen molar-refractivity contribution in [3.05, 3.63) is 216 Å². The topological polar surface area (TPSA) is 73.9 Å². The highest BCUT2D eigenvalue weighted by Crippen LogP contribution is 2.59. The van der Waals surface area contributed by atoms with Gasteiger partial charge in [-0.3, -0.25) is 9.97 Å². The number of para-hydroxylation sites is 2. The second kappa shape index (κ2) is 13.0. The lowest BCUT2D eigenvalue weighted by Gasteiger charge is -2.42. The average molecular weight is 757 g/mol. The van der Waals surface area contributed by atoms with E-state index in [4.69, 9.17) is 24.1 Å². The van der Waals surface area contributed by atoms with Crippen LogP contribution in [0.2, 0.25) is 0 Å². The Morgan fingerprint density at radius 1 is 0.424 bits per heavy atom. The molecule has 6 aromatic carbocycles. The van der Waals surface area contributed by atoms with Gasteiger partial charge < -0.3 is 9.15 Å². The molecule has 0 bridgehead atoms.